The molecule has 2 heterocycles. The van der Waals surface area contributed by atoms with Gasteiger partial charge in [0, 0.05) is 19.1 Å². The number of benzene rings is 1. The number of hydrogen-bond donors (Lipinski definition) is 2. The first-order valence-corrected chi connectivity index (χ1v) is 8.48. The second-order valence-corrected chi connectivity index (χ2v) is 6.95. The Morgan fingerprint density at radius 2 is 1.90 bits per heavy atom. The van der Waals surface area contributed by atoms with Crippen LogP contribution in [0.25, 0.3) is 0 Å². The molecule has 5 heteroatoms. The topological polar surface area (TPSA) is 35.5 Å². The van der Waals surface area contributed by atoms with Crippen LogP contribution in [0.15, 0.2) is 18.2 Å². The molecule has 2 aliphatic heterocycles. The van der Waals surface area contributed by atoms with Crippen LogP contribution < -0.4 is 5.32 Å². The quantitative estimate of drug-likeness (QED) is 0.894. The summed E-state index contributed by atoms with van der Waals surface area (Å²) in [4.78, 5) is 2.50. The summed E-state index contributed by atoms with van der Waals surface area (Å²) < 4.78 is 0. The minimum absolute atomic E-state index is 0.141. The fourth-order valence-corrected chi connectivity index (χ4v) is 3.89. The summed E-state index contributed by atoms with van der Waals surface area (Å²) in [5.41, 5.74) is 1.24. The number of nitrogens with one attached hydrogen (secondary N) is 1. The molecule has 0 spiro atoms. The Balaban J connectivity index is 1.86. The summed E-state index contributed by atoms with van der Waals surface area (Å²) in [6, 6.07) is 6.37. The van der Waals surface area contributed by atoms with E-state index in [-0.39, 0.29) is 6.10 Å². The average molecular weight is 329 g/mol. The Labute approximate surface area is 136 Å². The van der Waals surface area contributed by atoms with Gasteiger partial charge < -0.3 is 10.4 Å². The SMILES string of the molecule is OC1CCN(C(c2ccc(Cl)c(Cl)c2)C2CCNC2)CC1. The maximum absolute atomic E-state index is 9.75. The molecule has 0 bridgehead atoms. The Morgan fingerprint density at radius 1 is 1.14 bits per heavy atom. The highest BCUT2D eigenvalue weighted by atomic mass is 35.5. The van der Waals surface area contributed by atoms with Crippen molar-refractivity contribution in [3.05, 3.63) is 33.8 Å². The van der Waals surface area contributed by atoms with Gasteiger partial charge in [-0.05, 0) is 56.0 Å². The molecule has 2 atom stereocenters. The van der Waals surface area contributed by atoms with Gasteiger partial charge in [0.25, 0.3) is 0 Å². The lowest BCUT2D eigenvalue weighted by Gasteiger charge is -2.39. The number of hydrogen-bond acceptors (Lipinski definition) is 3. The Morgan fingerprint density at radius 3 is 2.52 bits per heavy atom. The molecule has 0 saturated carbocycles. The van der Waals surface area contributed by atoms with Crippen molar-refractivity contribution < 1.29 is 5.11 Å². The van der Waals surface area contributed by atoms with Gasteiger partial charge in [-0.2, -0.15) is 0 Å². The molecular weight excluding hydrogens is 307 g/mol. The van der Waals surface area contributed by atoms with Gasteiger partial charge in [0.15, 0.2) is 0 Å². The third-order valence-electron chi connectivity index (χ3n) is 4.72. The van der Waals surface area contributed by atoms with E-state index < -0.39 is 0 Å². The van der Waals surface area contributed by atoms with Gasteiger partial charge in [-0.25, -0.2) is 0 Å². The third kappa shape index (κ3) is 3.54. The fourth-order valence-electron chi connectivity index (χ4n) is 3.59. The molecule has 3 rings (SSSR count). The van der Waals surface area contributed by atoms with E-state index in [1.54, 1.807) is 0 Å². The molecule has 2 saturated heterocycles. The third-order valence-corrected chi connectivity index (χ3v) is 5.46. The summed E-state index contributed by atoms with van der Waals surface area (Å²) in [6.07, 6.45) is 2.76. The first-order chi connectivity index (χ1) is 10.1. The summed E-state index contributed by atoms with van der Waals surface area (Å²) in [5.74, 6) is 0.595. The summed E-state index contributed by atoms with van der Waals surface area (Å²) >= 11 is 12.3. The van der Waals surface area contributed by atoms with E-state index in [2.05, 4.69) is 16.3 Å². The highest BCUT2D eigenvalue weighted by molar-refractivity contribution is 6.42. The van der Waals surface area contributed by atoms with Crippen molar-refractivity contribution in [3.63, 3.8) is 0 Å². The molecule has 0 aromatic heterocycles. The lowest BCUT2D eigenvalue weighted by Crippen LogP contribution is -2.41. The molecule has 0 aliphatic carbocycles. The molecule has 2 fully saturated rings. The highest BCUT2D eigenvalue weighted by Crippen LogP contribution is 2.36. The normalized spacial score (nSPS) is 26.1. The van der Waals surface area contributed by atoms with Crippen LogP contribution in [0.3, 0.4) is 0 Å². The lowest BCUT2D eigenvalue weighted by atomic mass is 9.89. The highest BCUT2D eigenvalue weighted by Gasteiger charge is 2.33. The number of aliphatic hydroxyl groups is 1. The van der Waals surface area contributed by atoms with Crippen LogP contribution >= 0.6 is 23.2 Å². The number of likely N-dealkylation sites (tertiary alicyclic amines) is 1. The van der Waals surface area contributed by atoms with Crippen molar-refractivity contribution >= 4 is 23.2 Å². The summed E-state index contributed by atoms with van der Waals surface area (Å²) in [6.45, 7) is 4.02. The molecule has 0 amide bonds. The average Bonchev–Trinajstić information content (AvgIpc) is 2.99. The zero-order valence-electron chi connectivity index (χ0n) is 12.1. The molecule has 2 aliphatic rings. The Hall–Kier alpha value is -0.320. The van der Waals surface area contributed by atoms with Gasteiger partial charge in [0.2, 0.25) is 0 Å². The smallest absolute Gasteiger partial charge is 0.0595 e. The molecule has 21 heavy (non-hydrogen) atoms. The van der Waals surface area contributed by atoms with Crippen LogP contribution in [-0.4, -0.2) is 42.3 Å². The number of rotatable bonds is 3. The van der Waals surface area contributed by atoms with E-state index >= 15 is 0 Å². The summed E-state index contributed by atoms with van der Waals surface area (Å²) in [5, 5.41) is 14.4. The molecule has 116 valence electrons. The van der Waals surface area contributed by atoms with Gasteiger partial charge in [-0.15, -0.1) is 0 Å². The van der Waals surface area contributed by atoms with Crippen LogP contribution in [-0.2, 0) is 0 Å². The molecule has 1 aromatic carbocycles. The zero-order valence-corrected chi connectivity index (χ0v) is 13.6. The number of halogens is 2. The van der Waals surface area contributed by atoms with Crippen molar-refractivity contribution in [2.75, 3.05) is 26.2 Å². The molecular formula is C16H22Cl2N2O. The Kier molecular flexibility index (Phi) is 5.07. The minimum atomic E-state index is -0.141. The van der Waals surface area contributed by atoms with E-state index in [0.717, 1.165) is 39.0 Å². The van der Waals surface area contributed by atoms with E-state index in [4.69, 9.17) is 23.2 Å². The van der Waals surface area contributed by atoms with Gasteiger partial charge >= 0.3 is 0 Å². The van der Waals surface area contributed by atoms with Crippen molar-refractivity contribution in [1.82, 2.24) is 10.2 Å². The second kappa shape index (κ2) is 6.84. The van der Waals surface area contributed by atoms with Crippen molar-refractivity contribution in [2.45, 2.75) is 31.4 Å². The van der Waals surface area contributed by atoms with E-state index in [1.807, 2.05) is 12.1 Å². The van der Waals surface area contributed by atoms with Gasteiger partial charge in [0.1, 0.15) is 0 Å². The number of piperidine rings is 1. The minimum Gasteiger partial charge on any atom is -0.393 e. The maximum Gasteiger partial charge on any atom is 0.0595 e. The molecule has 1 aromatic rings. The Bertz CT molecular complexity index is 483. The lowest BCUT2D eigenvalue weighted by molar-refractivity contribution is 0.0454. The molecule has 3 nitrogen and oxygen atoms in total. The zero-order chi connectivity index (χ0) is 14.8. The van der Waals surface area contributed by atoms with E-state index in [9.17, 15) is 5.11 Å². The van der Waals surface area contributed by atoms with Gasteiger partial charge in [-0.1, -0.05) is 29.3 Å². The largest absolute Gasteiger partial charge is 0.393 e. The van der Waals surface area contributed by atoms with Crippen LogP contribution in [0.5, 0.6) is 0 Å². The van der Waals surface area contributed by atoms with Gasteiger partial charge in [-0.3, -0.25) is 4.90 Å². The van der Waals surface area contributed by atoms with Gasteiger partial charge in [0.05, 0.1) is 16.1 Å². The van der Waals surface area contributed by atoms with Crippen LogP contribution in [0.2, 0.25) is 10.0 Å². The van der Waals surface area contributed by atoms with Crippen molar-refractivity contribution in [1.29, 1.82) is 0 Å². The predicted octanol–water partition coefficient (Wildman–Crippen LogP) is 3.10. The van der Waals surface area contributed by atoms with E-state index in [0.29, 0.717) is 22.0 Å². The van der Waals surface area contributed by atoms with Crippen LogP contribution in [0, 0.1) is 5.92 Å². The molecule has 2 unspecified atom stereocenters. The van der Waals surface area contributed by atoms with Crippen molar-refractivity contribution in [3.8, 4) is 0 Å². The molecule has 0 radical (unpaired) electrons. The van der Waals surface area contributed by atoms with Crippen LogP contribution in [0.1, 0.15) is 30.9 Å². The predicted molar refractivity (Wildman–Crippen MR) is 87.0 cm³/mol. The molecule has 2 N–H and O–H groups in total. The first-order valence-electron chi connectivity index (χ1n) is 7.73. The van der Waals surface area contributed by atoms with Crippen molar-refractivity contribution in [2.24, 2.45) is 5.92 Å². The number of nitrogens with zero attached hydrogens (tertiary/aromatic N) is 1. The summed E-state index contributed by atoms with van der Waals surface area (Å²) in [7, 11) is 0. The standard InChI is InChI=1S/C16H22Cl2N2O/c17-14-2-1-11(9-15(14)18)16(12-3-6-19-10-12)20-7-4-13(21)5-8-20/h1-2,9,12-13,16,19,21H,3-8,10H2. The maximum atomic E-state index is 9.75. The monoisotopic (exact) mass is 328 g/mol. The van der Waals surface area contributed by atoms with Crippen LogP contribution in [0.4, 0.5) is 0 Å². The fraction of sp³-hybridized carbons (Fsp3) is 0.625. The first kappa shape index (κ1) is 15.6. The number of aliphatic hydroxyl groups excluding tert-OH is 1. The van der Waals surface area contributed by atoms with E-state index in [1.165, 1.54) is 12.0 Å². The second-order valence-electron chi connectivity index (χ2n) is 6.14.